The van der Waals surface area contributed by atoms with Gasteiger partial charge in [0, 0.05) is 6.54 Å². The summed E-state index contributed by atoms with van der Waals surface area (Å²) in [7, 11) is 0. The summed E-state index contributed by atoms with van der Waals surface area (Å²) in [6.45, 7) is 0.536. The predicted molar refractivity (Wildman–Crippen MR) is 83.0 cm³/mol. The van der Waals surface area contributed by atoms with Gasteiger partial charge >= 0.3 is 0 Å². The number of rotatable bonds is 5. The molecule has 0 aliphatic heterocycles. The summed E-state index contributed by atoms with van der Waals surface area (Å²) in [4.78, 5) is 16.1. The summed E-state index contributed by atoms with van der Waals surface area (Å²) in [5.41, 5.74) is 2.63. The Morgan fingerprint density at radius 2 is 1.86 bits per heavy atom. The second kappa shape index (κ2) is 6.45. The third-order valence-corrected chi connectivity index (χ3v) is 3.76. The number of aromatic nitrogens is 1. The van der Waals surface area contributed by atoms with Crippen LogP contribution >= 0.6 is 11.8 Å². The molecule has 106 valence electrons. The van der Waals surface area contributed by atoms with Gasteiger partial charge in [0.05, 0.1) is 5.75 Å². The maximum Gasteiger partial charge on any atom is 0.257 e. The fourth-order valence-corrected chi connectivity index (χ4v) is 2.56. The largest absolute Gasteiger partial charge is 0.431 e. The van der Waals surface area contributed by atoms with Crippen molar-refractivity contribution in [2.75, 3.05) is 5.75 Å². The van der Waals surface area contributed by atoms with E-state index >= 15 is 0 Å². The molecular weight excluding hydrogens is 284 g/mol. The fourth-order valence-electron chi connectivity index (χ4n) is 1.89. The predicted octanol–water partition coefficient (Wildman–Crippen LogP) is 3.24. The highest BCUT2D eigenvalue weighted by atomic mass is 32.2. The molecule has 5 heteroatoms. The molecule has 0 aliphatic rings. The Morgan fingerprint density at radius 1 is 1.10 bits per heavy atom. The zero-order valence-electron chi connectivity index (χ0n) is 11.3. The maximum atomic E-state index is 11.8. The number of thioether (sulfide) groups is 1. The van der Waals surface area contributed by atoms with Gasteiger partial charge in [0.15, 0.2) is 5.58 Å². The fraction of sp³-hybridized carbons (Fsp3) is 0.125. The van der Waals surface area contributed by atoms with Gasteiger partial charge in [-0.3, -0.25) is 4.79 Å². The van der Waals surface area contributed by atoms with Gasteiger partial charge in [0.1, 0.15) is 5.52 Å². The van der Waals surface area contributed by atoms with Crippen LogP contribution in [0.4, 0.5) is 0 Å². The van der Waals surface area contributed by atoms with Crippen LogP contribution in [0.15, 0.2) is 64.2 Å². The van der Waals surface area contributed by atoms with Crippen LogP contribution in [-0.2, 0) is 11.3 Å². The van der Waals surface area contributed by atoms with E-state index < -0.39 is 0 Å². The van der Waals surface area contributed by atoms with Gasteiger partial charge in [-0.15, -0.1) is 0 Å². The van der Waals surface area contributed by atoms with Crippen molar-refractivity contribution in [3.8, 4) is 0 Å². The Morgan fingerprint density at radius 3 is 2.67 bits per heavy atom. The number of nitrogens with one attached hydrogen (secondary N) is 1. The molecule has 0 saturated carbocycles. The van der Waals surface area contributed by atoms with E-state index in [0.717, 1.165) is 16.7 Å². The molecule has 3 aromatic rings. The summed E-state index contributed by atoms with van der Waals surface area (Å²) in [5.74, 6) is 0.255. The normalized spacial score (nSPS) is 10.7. The standard InChI is InChI=1S/C16H14N2O2S/c19-15(17-10-12-6-2-1-3-7-12)11-21-16-18-13-8-4-5-9-14(13)20-16/h1-9H,10-11H2,(H,17,19). The summed E-state index contributed by atoms with van der Waals surface area (Å²) >= 11 is 1.30. The molecule has 0 aliphatic carbocycles. The van der Waals surface area contributed by atoms with E-state index in [1.54, 1.807) is 0 Å². The van der Waals surface area contributed by atoms with Crippen molar-refractivity contribution in [1.82, 2.24) is 10.3 Å². The molecule has 0 unspecified atom stereocenters. The minimum atomic E-state index is -0.0360. The topological polar surface area (TPSA) is 55.1 Å². The van der Waals surface area contributed by atoms with Gasteiger partial charge in [0.25, 0.3) is 5.22 Å². The molecule has 4 nitrogen and oxygen atoms in total. The number of para-hydroxylation sites is 2. The van der Waals surface area contributed by atoms with E-state index in [4.69, 9.17) is 4.42 Å². The molecule has 0 saturated heterocycles. The van der Waals surface area contributed by atoms with E-state index in [1.807, 2.05) is 54.6 Å². The maximum absolute atomic E-state index is 11.8. The number of amides is 1. The molecule has 1 N–H and O–H groups in total. The monoisotopic (exact) mass is 298 g/mol. The minimum absolute atomic E-state index is 0.0360. The summed E-state index contributed by atoms with van der Waals surface area (Å²) in [6, 6.07) is 17.4. The lowest BCUT2D eigenvalue weighted by Gasteiger charge is -2.03. The molecular formula is C16H14N2O2S. The molecule has 0 bridgehead atoms. The van der Waals surface area contributed by atoms with Crippen molar-refractivity contribution in [2.24, 2.45) is 0 Å². The first kappa shape index (κ1) is 13.7. The van der Waals surface area contributed by atoms with Crippen molar-refractivity contribution in [1.29, 1.82) is 0 Å². The number of carbonyl (C=O) groups excluding carboxylic acids is 1. The first-order valence-corrected chi connectivity index (χ1v) is 7.59. The smallest absolute Gasteiger partial charge is 0.257 e. The molecule has 0 atom stereocenters. The van der Waals surface area contributed by atoms with E-state index in [0.29, 0.717) is 17.5 Å². The van der Waals surface area contributed by atoms with E-state index in [-0.39, 0.29) is 5.91 Å². The van der Waals surface area contributed by atoms with Gasteiger partial charge in [-0.1, -0.05) is 54.2 Å². The van der Waals surface area contributed by atoms with Crippen LogP contribution in [0.25, 0.3) is 11.1 Å². The number of hydrogen-bond acceptors (Lipinski definition) is 4. The van der Waals surface area contributed by atoms with Gasteiger partial charge in [0.2, 0.25) is 5.91 Å². The molecule has 0 radical (unpaired) electrons. The first-order chi connectivity index (χ1) is 10.3. The quantitative estimate of drug-likeness (QED) is 0.735. The molecule has 1 heterocycles. The highest BCUT2D eigenvalue weighted by Gasteiger charge is 2.08. The van der Waals surface area contributed by atoms with Crippen LogP contribution in [-0.4, -0.2) is 16.6 Å². The zero-order valence-corrected chi connectivity index (χ0v) is 12.1. The number of fused-ring (bicyclic) bond motifs is 1. The number of carbonyl (C=O) groups is 1. The molecule has 21 heavy (non-hydrogen) atoms. The third kappa shape index (κ3) is 3.64. The van der Waals surface area contributed by atoms with Gasteiger partial charge in [-0.25, -0.2) is 4.98 Å². The van der Waals surface area contributed by atoms with Gasteiger partial charge in [-0.2, -0.15) is 0 Å². The number of nitrogens with zero attached hydrogens (tertiary/aromatic N) is 1. The second-order valence-corrected chi connectivity index (χ2v) is 5.43. The molecule has 0 spiro atoms. The molecule has 1 aromatic heterocycles. The van der Waals surface area contributed by atoms with Crippen LogP contribution in [0.2, 0.25) is 0 Å². The summed E-state index contributed by atoms with van der Waals surface area (Å²) < 4.78 is 5.55. The number of oxazole rings is 1. The highest BCUT2D eigenvalue weighted by Crippen LogP contribution is 2.22. The lowest BCUT2D eigenvalue weighted by molar-refractivity contribution is -0.118. The minimum Gasteiger partial charge on any atom is -0.431 e. The van der Waals surface area contributed by atoms with Crippen molar-refractivity contribution in [3.63, 3.8) is 0 Å². The van der Waals surface area contributed by atoms with Gasteiger partial charge < -0.3 is 9.73 Å². The zero-order chi connectivity index (χ0) is 14.5. The highest BCUT2D eigenvalue weighted by molar-refractivity contribution is 7.99. The Hall–Kier alpha value is -2.27. The number of hydrogen-bond donors (Lipinski definition) is 1. The third-order valence-electron chi connectivity index (χ3n) is 2.93. The Kier molecular flexibility index (Phi) is 4.21. The Balaban J connectivity index is 1.51. The van der Waals surface area contributed by atoms with Crippen LogP contribution in [0.1, 0.15) is 5.56 Å². The van der Waals surface area contributed by atoms with Crippen LogP contribution < -0.4 is 5.32 Å². The van der Waals surface area contributed by atoms with Crippen LogP contribution in [0.3, 0.4) is 0 Å². The van der Waals surface area contributed by atoms with Crippen molar-refractivity contribution in [3.05, 3.63) is 60.2 Å². The molecule has 1 amide bonds. The lowest BCUT2D eigenvalue weighted by atomic mass is 10.2. The van der Waals surface area contributed by atoms with E-state index in [2.05, 4.69) is 10.3 Å². The lowest BCUT2D eigenvalue weighted by Crippen LogP contribution is -2.24. The van der Waals surface area contributed by atoms with E-state index in [9.17, 15) is 4.79 Å². The average Bonchev–Trinajstić information content (AvgIpc) is 2.95. The molecule has 2 aromatic carbocycles. The summed E-state index contributed by atoms with van der Waals surface area (Å²) in [6.07, 6.45) is 0. The molecule has 0 fully saturated rings. The van der Waals surface area contributed by atoms with Crippen molar-refractivity contribution < 1.29 is 9.21 Å². The van der Waals surface area contributed by atoms with E-state index in [1.165, 1.54) is 11.8 Å². The Labute approximate surface area is 126 Å². The average molecular weight is 298 g/mol. The summed E-state index contributed by atoms with van der Waals surface area (Å²) in [5, 5.41) is 3.39. The van der Waals surface area contributed by atoms with Gasteiger partial charge in [-0.05, 0) is 17.7 Å². The molecule has 3 rings (SSSR count). The number of benzene rings is 2. The van der Waals surface area contributed by atoms with Crippen LogP contribution in [0, 0.1) is 0 Å². The second-order valence-electron chi connectivity index (χ2n) is 4.50. The SMILES string of the molecule is O=C(CSc1nc2ccccc2o1)NCc1ccccc1. The Bertz CT molecular complexity index is 707. The van der Waals surface area contributed by atoms with Crippen LogP contribution in [0.5, 0.6) is 0 Å². The van der Waals surface area contributed by atoms with Crippen molar-refractivity contribution in [2.45, 2.75) is 11.8 Å². The first-order valence-electron chi connectivity index (χ1n) is 6.60. The van der Waals surface area contributed by atoms with Crippen molar-refractivity contribution >= 4 is 28.8 Å².